The van der Waals surface area contributed by atoms with Gasteiger partial charge in [0.05, 0.1) is 13.7 Å². The smallest absolute Gasteiger partial charge is 0.255 e. The molecule has 0 radical (unpaired) electrons. The molecule has 0 bridgehead atoms. The number of hydrogen-bond donors (Lipinski definition) is 1. The lowest BCUT2D eigenvalue weighted by Crippen LogP contribution is -2.11. The fourth-order valence-electron chi connectivity index (χ4n) is 1.82. The number of nitrogens with one attached hydrogen (secondary N) is 1. The number of methoxy groups -OCH3 is 1. The van der Waals surface area contributed by atoms with E-state index < -0.39 is 0 Å². The van der Waals surface area contributed by atoms with Crippen LogP contribution in [0.15, 0.2) is 42.5 Å². The lowest BCUT2D eigenvalue weighted by molar-refractivity contribution is 0.102. The van der Waals surface area contributed by atoms with Gasteiger partial charge in [0.25, 0.3) is 5.91 Å². The van der Waals surface area contributed by atoms with Crippen molar-refractivity contribution in [1.29, 1.82) is 0 Å². The SMILES string of the molecule is CCOc1ccc(NC(=O)c2ccc(Cl)cc2)cc1OC. The first kappa shape index (κ1) is 15.2. The van der Waals surface area contributed by atoms with E-state index >= 15 is 0 Å². The zero-order valence-corrected chi connectivity index (χ0v) is 12.6. The van der Waals surface area contributed by atoms with Crippen LogP contribution in [-0.4, -0.2) is 19.6 Å². The highest BCUT2D eigenvalue weighted by molar-refractivity contribution is 6.30. The molecule has 5 heteroatoms. The molecule has 0 atom stereocenters. The van der Waals surface area contributed by atoms with E-state index in [4.69, 9.17) is 21.1 Å². The third-order valence-electron chi connectivity index (χ3n) is 2.83. The first-order valence-corrected chi connectivity index (χ1v) is 6.89. The van der Waals surface area contributed by atoms with E-state index in [1.807, 2.05) is 6.92 Å². The third kappa shape index (κ3) is 3.89. The molecule has 0 saturated carbocycles. The fraction of sp³-hybridized carbons (Fsp3) is 0.188. The summed E-state index contributed by atoms with van der Waals surface area (Å²) in [4.78, 5) is 12.1. The number of anilines is 1. The van der Waals surface area contributed by atoms with Crippen LogP contribution in [-0.2, 0) is 0 Å². The average molecular weight is 306 g/mol. The van der Waals surface area contributed by atoms with Gasteiger partial charge in [-0.1, -0.05) is 11.6 Å². The Morgan fingerprint density at radius 1 is 1.14 bits per heavy atom. The van der Waals surface area contributed by atoms with Crippen LogP contribution in [0.5, 0.6) is 11.5 Å². The molecule has 21 heavy (non-hydrogen) atoms. The van der Waals surface area contributed by atoms with Crippen LogP contribution in [0.25, 0.3) is 0 Å². The van der Waals surface area contributed by atoms with Gasteiger partial charge < -0.3 is 14.8 Å². The van der Waals surface area contributed by atoms with Gasteiger partial charge in [-0.25, -0.2) is 0 Å². The summed E-state index contributed by atoms with van der Waals surface area (Å²) in [7, 11) is 1.56. The molecule has 2 aromatic carbocycles. The van der Waals surface area contributed by atoms with E-state index in [-0.39, 0.29) is 5.91 Å². The lowest BCUT2D eigenvalue weighted by Gasteiger charge is -2.11. The molecule has 0 aromatic heterocycles. The molecule has 0 heterocycles. The van der Waals surface area contributed by atoms with Crippen LogP contribution in [0, 0.1) is 0 Å². The molecule has 2 aromatic rings. The van der Waals surface area contributed by atoms with Crippen molar-refractivity contribution < 1.29 is 14.3 Å². The summed E-state index contributed by atoms with van der Waals surface area (Å²) in [5, 5.41) is 3.40. The van der Waals surface area contributed by atoms with Crippen LogP contribution >= 0.6 is 11.6 Å². The van der Waals surface area contributed by atoms with Crippen molar-refractivity contribution in [2.24, 2.45) is 0 Å². The van der Waals surface area contributed by atoms with Gasteiger partial charge in [0.1, 0.15) is 0 Å². The highest BCUT2D eigenvalue weighted by Gasteiger charge is 2.09. The number of hydrogen-bond acceptors (Lipinski definition) is 3. The molecule has 0 aliphatic heterocycles. The van der Waals surface area contributed by atoms with Crippen molar-refractivity contribution >= 4 is 23.2 Å². The third-order valence-corrected chi connectivity index (χ3v) is 3.08. The van der Waals surface area contributed by atoms with Crippen LogP contribution in [0.1, 0.15) is 17.3 Å². The highest BCUT2D eigenvalue weighted by atomic mass is 35.5. The van der Waals surface area contributed by atoms with E-state index in [0.717, 1.165) is 0 Å². The first-order chi connectivity index (χ1) is 10.1. The van der Waals surface area contributed by atoms with E-state index in [1.54, 1.807) is 49.6 Å². The van der Waals surface area contributed by atoms with E-state index in [0.29, 0.717) is 34.4 Å². The maximum Gasteiger partial charge on any atom is 0.255 e. The summed E-state index contributed by atoms with van der Waals surface area (Å²) >= 11 is 5.80. The van der Waals surface area contributed by atoms with Crippen molar-refractivity contribution in [1.82, 2.24) is 0 Å². The fourth-order valence-corrected chi connectivity index (χ4v) is 1.95. The van der Waals surface area contributed by atoms with Gasteiger partial charge in [-0.2, -0.15) is 0 Å². The molecule has 0 saturated heterocycles. The quantitative estimate of drug-likeness (QED) is 0.908. The summed E-state index contributed by atoms with van der Waals surface area (Å²) < 4.78 is 10.7. The number of carbonyl (C=O) groups excluding carboxylic acids is 1. The first-order valence-electron chi connectivity index (χ1n) is 6.51. The molecule has 0 fully saturated rings. The molecule has 110 valence electrons. The Hall–Kier alpha value is -2.20. The summed E-state index contributed by atoms with van der Waals surface area (Å²) in [6.45, 7) is 2.45. The van der Waals surface area contributed by atoms with Gasteiger partial charge in [-0.15, -0.1) is 0 Å². The minimum atomic E-state index is -0.210. The monoisotopic (exact) mass is 305 g/mol. The van der Waals surface area contributed by atoms with E-state index in [1.165, 1.54) is 0 Å². The molecule has 4 nitrogen and oxygen atoms in total. The Balaban J connectivity index is 2.15. The Kier molecular flexibility index (Phi) is 5.06. The Bertz CT molecular complexity index is 626. The largest absolute Gasteiger partial charge is 0.493 e. The van der Waals surface area contributed by atoms with Gasteiger partial charge in [0.2, 0.25) is 0 Å². The van der Waals surface area contributed by atoms with Crippen LogP contribution in [0.3, 0.4) is 0 Å². The molecule has 2 rings (SSSR count). The molecule has 0 spiro atoms. The van der Waals surface area contributed by atoms with Crippen molar-refractivity contribution in [2.75, 3.05) is 19.0 Å². The minimum Gasteiger partial charge on any atom is -0.493 e. The summed E-state index contributed by atoms with van der Waals surface area (Å²) in [5.41, 5.74) is 1.17. The maximum atomic E-state index is 12.1. The van der Waals surface area contributed by atoms with Crippen molar-refractivity contribution in [3.8, 4) is 11.5 Å². The average Bonchev–Trinajstić information content (AvgIpc) is 2.49. The van der Waals surface area contributed by atoms with Gasteiger partial charge in [-0.05, 0) is 43.3 Å². The number of rotatable bonds is 5. The van der Waals surface area contributed by atoms with Crippen LogP contribution in [0.2, 0.25) is 5.02 Å². The maximum absolute atomic E-state index is 12.1. The van der Waals surface area contributed by atoms with Gasteiger partial charge >= 0.3 is 0 Å². The summed E-state index contributed by atoms with van der Waals surface area (Å²) in [6, 6.07) is 11.9. The number of amides is 1. The van der Waals surface area contributed by atoms with Gasteiger partial charge in [-0.3, -0.25) is 4.79 Å². The standard InChI is InChI=1S/C16H16ClNO3/c1-3-21-14-9-8-13(10-15(14)20-2)18-16(19)11-4-6-12(17)7-5-11/h4-10H,3H2,1-2H3,(H,18,19). The van der Waals surface area contributed by atoms with Crippen molar-refractivity contribution in [3.63, 3.8) is 0 Å². The second-order valence-electron chi connectivity index (χ2n) is 4.26. The highest BCUT2D eigenvalue weighted by Crippen LogP contribution is 2.30. The molecular formula is C16H16ClNO3. The second-order valence-corrected chi connectivity index (χ2v) is 4.70. The molecule has 0 aliphatic carbocycles. The molecule has 1 amide bonds. The minimum absolute atomic E-state index is 0.210. The summed E-state index contributed by atoms with van der Waals surface area (Å²) in [6.07, 6.45) is 0. The Morgan fingerprint density at radius 2 is 1.86 bits per heavy atom. The predicted octanol–water partition coefficient (Wildman–Crippen LogP) is 4.00. The second kappa shape index (κ2) is 6.99. The van der Waals surface area contributed by atoms with E-state index in [2.05, 4.69) is 5.32 Å². The number of ether oxygens (including phenoxy) is 2. The Morgan fingerprint density at radius 3 is 2.48 bits per heavy atom. The summed E-state index contributed by atoms with van der Waals surface area (Å²) in [5.74, 6) is 1.01. The van der Waals surface area contributed by atoms with Crippen molar-refractivity contribution in [2.45, 2.75) is 6.92 Å². The lowest BCUT2D eigenvalue weighted by atomic mass is 10.2. The van der Waals surface area contributed by atoms with Gasteiger partial charge in [0, 0.05) is 22.3 Å². The zero-order valence-electron chi connectivity index (χ0n) is 11.9. The Labute approximate surface area is 128 Å². The zero-order chi connectivity index (χ0) is 15.2. The van der Waals surface area contributed by atoms with Gasteiger partial charge in [0.15, 0.2) is 11.5 Å². The predicted molar refractivity (Wildman–Crippen MR) is 83.6 cm³/mol. The van der Waals surface area contributed by atoms with Crippen molar-refractivity contribution in [3.05, 3.63) is 53.1 Å². The number of benzene rings is 2. The van der Waals surface area contributed by atoms with Crippen LogP contribution < -0.4 is 14.8 Å². The molecule has 0 unspecified atom stereocenters. The molecular weight excluding hydrogens is 290 g/mol. The topological polar surface area (TPSA) is 47.6 Å². The normalized spacial score (nSPS) is 10.0. The van der Waals surface area contributed by atoms with Crippen LogP contribution in [0.4, 0.5) is 5.69 Å². The molecule has 0 aliphatic rings. The number of carbonyl (C=O) groups is 1. The molecule has 1 N–H and O–H groups in total. The number of halogens is 1. The van der Waals surface area contributed by atoms with E-state index in [9.17, 15) is 4.79 Å².